The summed E-state index contributed by atoms with van der Waals surface area (Å²) in [5.41, 5.74) is 0. The summed E-state index contributed by atoms with van der Waals surface area (Å²) in [5, 5.41) is -0.0903. The van der Waals surface area contributed by atoms with Crippen molar-refractivity contribution in [3.05, 3.63) is 23.8 Å². The Hall–Kier alpha value is 0.754. The van der Waals surface area contributed by atoms with Gasteiger partial charge in [-0.2, -0.15) is 26.2 Å². The van der Waals surface area contributed by atoms with E-state index in [1.807, 2.05) is 0 Å². The van der Waals surface area contributed by atoms with Crippen LogP contribution in [0.2, 0.25) is 0 Å². The van der Waals surface area contributed by atoms with Crippen LogP contribution in [0.3, 0.4) is 0 Å². The molecule has 3 fully saturated rings. The third kappa shape index (κ3) is 2.95. The monoisotopic (exact) mass is 370 g/mol. The normalized spacial score (nSPS) is 43.2. The molecule has 6 unspecified atom stereocenters. The first kappa shape index (κ1) is 17.1. The predicted molar refractivity (Wildman–Crippen MR) is 72.5 cm³/mol. The third-order valence-electron chi connectivity index (χ3n) is 5.44. The van der Waals surface area contributed by atoms with Crippen LogP contribution in [-0.4, -0.2) is 13.0 Å². The molecule has 0 aromatic carbocycles. The van der Waals surface area contributed by atoms with Crippen LogP contribution in [-0.2, 0) is 42.8 Å². The zero-order valence-corrected chi connectivity index (χ0v) is 15.7. The van der Waals surface area contributed by atoms with E-state index in [0.717, 1.165) is 35.5 Å². The summed E-state index contributed by atoms with van der Waals surface area (Å²) < 4.78 is 29.2. The Kier molecular flexibility index (Phi) is 5.22. The molecule has 3 nitrogen and oxygen atoms in total. The molecule has 0 aromatic rings. The van der Waals surface area contributed by atoms with E-state index in [-0.39, 0.29) is 38.0 Å². The average molecular weight is 370 g/mol. The first-order valence-corrected chi connectivity index (χ1v) is 8.56. The van der Waals surface area contributed by atoms with Crippen LogP contribution in [0.25, 0.3) is 0 Å². The molecule has 111 valence electrons. The molecule has 5 heteroatoms. The smallest absolute Gasteiger partial charge is 0 e. The summed E-state index contributed by atoms with van der Waals surface area (Å²) in [6.45, 7) is 2.53. The Morgan fingerprint density at radius 2 is 1.70 bits per heavy atom. The largest absolute Gasteiger partial charge is 0.774 e. The molecule has 0 N–H and O–H groups in total. The van der Waals surface area contributed by atoms with E-state index in [1.54, 1.807) is 6.42 Å². The Balaban J connectivity index is 0.000000164. The van der Waals surface area contributed by atoms with Crippen molar-refractivity contribution in [2.45, 2.75) is 33.1 Å². The van der Waals surface area contributed by atoms with E-state index in [9.17, 15) is 13.0 Å². The molecule has 0 saturated heterocycles. The van der Waals surface area contributed by atoms with Gasteiger partial charge in [0, 0.05) is 32.7 Å². The van der Waals surface area contributed by atoms with Crippen LogP contribution in [0.15, 0.2) is 12.2 Å². The van der Waals surface area contributed by atoms with Crippen molar-refractivity contribution in [3.8, 4) is 0 Å². The van der Waals surface area contributed by atoms with Gasteiger partial charge in [-0.05, 0) is 34.3 Å². The van der Waals surface area contributed by atoms with Gasteiger partial charge in [0.1, 0.15) is 0 Å². The number of hydrogen-bond acceptors (Lipinski definition) is 3. The maximum absolute atomic E-state index is 9.74. The van der Waals surface area contributed by atoms with E-state index in [0.29, 0.717) is 0 Å². The van der Waals surface area contributed by atoms with Gasteiger partial charge in [0.2, 0.25) is 0 Å². The molecule has 6 atom stereocenters. The van der Waals surface area contributed by atoms with Crippen LogP contribution in [0.4, 0.5) is 0 Å². The van der Waals surface area contributed by atoms with Crippen molar-refractivity contribution in [1.82, 2.24) is 0 Å². The molecule has 4 aliphatic carbocycles. The predicted octanol–water partition coefficient (Wildman–Crippen LogP) is 2.77. The van der Waals surface area contributed by atoms with Gasteiger partial charge in [0.05, 0.1) is 0 Å². The maximum atomic E-state index is 9.74. The fourth-order valence-corrected chi connectivity index (χ4v) is 4.69. The molecule has 4 aliphatic rings. The summed E-state index contributed by atoms with van der Waals surface area (Å²) in [7, 11) is -4.07. The number of rotatable bonds is 1. The van der Waals surface area contributed by atoms with Gasteiger partial charge in [0.15, 0.2) is 0 Å². The molecular formula is C15H21O3SY-3. The van der Waals surface area contributed by atoms with Gasteiger partial charge in [0.25, 0.3) is 0 Å². The molecule has 20 heavy (non-hydrogen) atoms. The Labute approximate surface area is 147 Å². The third-order valence-corrected chi connectivity index (χ3v) is 6.44. The van der Waals surface area contributed by atoms with E-state index in [1.165, 1.54) is 26.7 Å². The molecular weight excluding hydrogens is 349 g/mol. The van der Waals surface area contributed by atoms with Crippen molar-refractivity contribution >= 4 is 10.1 Å². The number of fused-ring (bicyclic) bond motifs is 9. The summed E-state index contributed by atoms with van der Waals surface area (Å²) in [6.07, 6.45) is 12.2. The molecule has 4 bridgehead atoms. The van der Waals surface area contributed by atoms with E-state index in [2.05, 4.69) is 18.6 Å². The summed E-state index contributed by atoms with van der Waals surface area (Å²) in [4.78, 5) is 0. The summed E-state index contributed by atoms with van der Waals surface area (Å²) in [5.74, 6) is 6.34. The second kappa shape index (κ2) is 6.10. The molecule has 0 spiro atoms. The van der Waals surface area contributed by atoms with Gasteiger partial charge in [-0.1, -0.05) is 30.4 Å². The van der Waals surface area contributed by atoms with Gasteiger partial charge in [-0.3, -0.25) is 8.42 Å². The summed E-state index contributed by atoms with van der Waals surface area (Å²) >= 11 is 0. The molecule has 1 radical (unpaired) electrons. The van der Waals surface area contributed by atoms with Gasteiger partial charge >= 0.3 is 0 Å². The molecule has 0 aliphatic heterocycles. The first-order valence-electron chi connectivity index (χ1n) is 7.15. The fourth-order valence-electron chi connectivity index (χ4n) is 4.69. The molecule has 3 saturated carbocycles. The Bertz CT molecular complexity index is 461. The minimum atomic E-state index is -4.07. The van der Waals surface area contributed by atoms with E-state index in [4.69, 9.17) is 0 Å². The second-order valence-electron chi connectivity index (χ2n) is 6.60. The van der Waals surface area contributed by atoms with Crippen LogP contribution in [0, 0.1) is 47.2 Å². The SMILES string of the molecule is C1=CC2CC1C1C3[CH-]CC(C3)C21.C[C-](C)S(=O)(=O)[O-].[Y]. The van der Waals surface area contributed by atoms with Crippen molar-refractivity contribution in [2.24, 2.45) is 35.5 Å². The maximum Gasteiger partial charge on any atom is 0 e. The van der Waals surface area contributed by atoms with E-state index < -0.39 is 10.1 Å². The molecule has 0 amide bonds. The second-order valence-corrected chi connectivity index (χ2v) is 8.32. The Morgan fingerprint density at radius 1 is 1.15 bits per heavy atom. The van der Waals surface area contributed by atoms with Crippen LogP contribution < -0.4 is 0 Å². The average Bonchev–Trinajstić information content (AvgIpc) is 3.08. The molecule has 0 heterocycles. The Morgan fingerprint density at radius 3 is 2.20 bits per heavy atom. The zero-order valence-electron chi connectivity index (χ0n) is 12.0. The quantitative estimate of drug-likeness (QED) is 0.309. The molecule has 0 aromatic heterocycles. The van der Waals surface area contributed by atoms with E-state index >= 15 is 0 Å². The minimum absolute atomic E-state index is 0. The standard InChI is InChI=1S/C12H15.C3H7O3S.Y/c1-2-8-5-7(1)11-9-3-4-10(6-9)12(8)11;1-3(2)7(4,5)6;/h1-3,7-12H,4-6H2;1-2H3,(H,4,5,6);/q2*-1;/p-1. The number of hydrogen-bond donors (Lipinski definition) is 0. The van der Waals surface area contributed by atoms with Crippen molar-refractivity contribution < 1.29 is 45.7 Å². The zero-order chi connectivity index (χ0) is 13.8. The van der Waals surface area contributed by atoms with Crippen LogP contribution >= 0.6 is 0 Å². The van der Waals surface area contributed by atoms with Crippen molar-refractivity contribution in [3.63, 3.8) is 0 Å². The van der Waals surface area contributed by atoms with Crippen LogP contribution in [0.5, 0.6) is 0 Å². The first-order chi connectivity index (χ1) is 8.88. The minimum Gasteiger partial charge on any atom is -0.774 e. The van der Waals surface area contributed by atoms with Gasteiger partial charge in [-0.15, -0.1) is 0 Å². The number of allylic oxidation sites excluding steroid dienone is 2. The van der Waals surface area contributed by atoms with Gasteiger partial charge < -0.3 is 11.0 Å². The van der Waals surface area contributed by atoms with Crippen LogP contribution in [0.1, 0.15) is 33.1 Å². The fraction of sp³-hybridized carbons (Fsp3) is 0.733. The van der Waals surface area contributed by atoms with Gasteiger partial charge in [-0.25, -0.2) is 5.25 Å². The van der Waals surface area contributed by atoms with Crippen molar-refractivity contribution in [2.75, 3.05) is 0 Å². The summed E-state index contributed by atoms with van der Waals surface area (Å²) in [6, 6.07) is 0. The molecule has 4 rings (SSSR count). The van der Waals surface area contributed by atoms with Crippen molar-refractivity contribution in [1.29, 1.82) is 0 Å². The topological polar surface area (TPSA) is 57.2 Å².